The third kappa shape index (κ3) is 4.16. The number of likely N-dealkylation sites (tertiary alicyclic amines) is 1. The lowest BCUT2D eigenvalue weighted by Crippen LogP contribution is -2.26. The van der Waals surface area contributed by atoms with Gasteiger partial charge in [0.05, 0.1) is 5.56 Å². The van der Waals surface area contributed by atoms with E-state index in [9.17, 15) is 13.2 Å². The molecule has 1 saturated heterocycles. The van der Waals surface area contributed by atoms with Gasteiger partial charge in [-0.2, -0.15) is 13.2 Å². The first-order chi connectivity index (χ1) is 11.0. The van der Waals surface area contributed by atoms with Gasteiger partial charge in [0.25, 0.3) is 0 Å². The van der Waals surface area contributed by atoms with Crippen LogP contribution in [0.25, 0.3) is 0 Å². The van der Waals surface area contributed by atoms with Gasteiger partial charge in [-0.05, 0) is 24.1 Å². The Morgan fingerprint density at radius 1 is 1.22 bits per heavy atom. The van der Waals surface area contributed by atoms with Crippen molar-refractivity contribution in [2.24, 2.45) is 0 Å². The van der Waals surface area contributed by atoms with Crippen LogP contribution >= 0.6 is 0 Å². The monoisotopic (exact) mass is 323 g/mol. The minimum absolute atomic E-state index is 0.191. The van der Waals surface area contributed by atoms with Crippen LogP contribution in [0.15, 0.2) is 36.9 Å². The predicted molar refractivity (Wildman–Crippen MR) is 78.6 cm³/mol. The fourth-order valence-corrected chi connectivity index (χ4v) is 2.64. The molecule has 0 aliphatic carbocycles. The van der Waals surface area contributed by atoms with Crippen LogP contribution in [0.4, 0.5) is 19.1 Å². The summed E-state index contributed by atoms with van der Waals surface area (Å²) in [5.74, 6) is 0.570. The predicted octanol–water partition coefficient (Wildman–Crippen LogP) is 2.58. The molecule has 2 aromatic heterocycles. The molecule has 2 aromatic rings. The molecule has 0 saturated carbocycles. The molecule has 0 aromatic carbocycles. The Morgan fingerprint density at radius 3 is 2.74 bits per heavy atom. The maximum absolute atomic E-state index is 12.7. The number of hydrogen-bond donors (Lipinski definition) is 1. The normalized spacial score (nSPS) is 19.0. The Bertz CT molecular complexity index is 647. The molecule has 122 valence electrons. The number of alkyl halides is 3. The molecular weight excluding hydrogens is 307 g/mol. The quantitative estimate of drug-likeness (QED) is 0.937. The van der Waals surface area contributed by atoms with Gasteiger partial charge in [0.15, 0.2) is 0 Å². The summed E-state index contributed by atoms with van der Waals surface area (Å²) < 4.78 is 38.1. The number of hydrogen-bond acceptors (Lipinski definition) is 5. The van der Waals surface area contributed by atoms with Crippen LogP contribution in [-0.4, -0.2) is 39.0 Å². The number of nitrogens with one attached hydrogen (secondary N) is 1. The summed E-state index contributed by atoms with van der Waals surface area (Å²) in [7, 11) is 0. The Labute approximate surface area is 131 Å². The molecule has 1 aliphatic heterocycles. The average molecular weight is 323 g/mol. The van der Waals surface area contributed by atoms with Crippen LogP contribution in [0.1, 0.15) is 17.5 Å². The van der Waals surface area contributed by atoms with Gasteiger partial charge in [0, 0.05) is 50.5 Å². The highest BCUT2D eigenvalue weighted by molar-refractivity contribution is 5.25. The van der Waals surface area contributed by atoms with Gasteiger partial charge in [0.1, 0.15) is 0 Å². The van der Waals surface area contributed by atoms with Crippen molar-refractivity contribution < 1.29 is 13.2 Å². The highest BCUT2D eigenvalue weighted by Crippen LogP contribution is 2.29. The zero-order valence-electron chi connectivity index (χ0n) is 12.3. The van der Waals surface area contributed by atoms with Crippen LogP contribution in [0.5, 0.6) is 0 Å². The van der Waals surface area contributed by atoms with Crippen LogP contribution in [0.3, 0.4) is 0 Å². The first-order valence-corrected chi connectivity index (χ1v) is 7.28. The summed E-state index contributed by atoms with van der Waals surface area (Å²) in [5, 5.41) is 3.23. The van der Waals surface area contributed by atoms with Crippen LogP contribution < -0.4 is 5.32 Å². The lowest BCUT2D eigenvalue weighted by atomic mass is 10.2. The van der Waals surface area contributed by atoms with E-state index in [2.05, 4.69) is 25.2 Å². The molecule has 3 rings (SSSR count). The fourth-order valence-electron chi connectivity index (χ4n) is 2.64. The van der Waals surface area contributed by atoms with E-state index in [1.54, 1.807) is 18.5 Å². The SMILES string of the molecule is FC(F)(F)c1cncc(CN2CCC(Nc3ncccn3)C2)c1. The highest BCUT2D eigenvalue weighted by Gasteiger charge is 2.31. The number of nitrogens with zero attached hydrogens (tertiary/aromatic N) is 4. The molecule has 3 heterocycles. The van der Waals surface area contributed by atoms with E-state index in [-0.39, 0.29) is 6.04 Å². The van der Waals surface area contributed by atoms with Crippen LogP contribution in [0.2, 0.25) is 0 Å². The van der Waals surface area contributed by atoms with Crippen molar-refractivity contribution in [2.75, 3.05) is 18.4 Å². The maximum atomic E-state index is 12.7. The third-order valence-corrected chi connectivity index (χ3v) is 3.70. The molecule has 23 heavy (non-hydrogen) atoms. The van der Waals surface area contributed by atoms with Gasteiger partial charge < -0.3 is 5.32 Å². The Morgan fingerprint density at radius 2 is 2.00 bits per heavy atom. The summed E-state index contributed by atoms with van der Waals surface area (Å²) in [5.41, 5.74) is -0.141. The largest absolute Gasteiger partial charge is 0.417 e. The molecule has 0 spiro atoms. The molecule has 0 radical (unpaired) electrons. The van der Waals surface area contributed by atoms with Crippen LogP contribution in [0, 0.1) is 0 Å². The molecule has 1 unspecified atom stereocenters. The first-order valence-electron chi connectivity index (χ1n) is 7.28. The van der Waals surface area contributed by atoms with Crippen molar-refractivity contribution >= 4 is 5.95 Å². The summed E-state index contributed by atoms with van der Waals surface area (Å²) in [6.07, 6.45) is 2.20. The van der Waals surface area contributed by atoms with Crippen molar-refractivity contribution in [1.82, 2.24) is 19.9 Å². The van der Waals surface area contributed by atoms with E-state index in [1.807, 2.05) is 0 Å². The standard InChI is InChI=1S/C15H16F3N5/c16-15(17,18)12-6-11(7-19-8-12)9-23-5-2-13(10-23)22-14-20-3-1-4-21-14/h1,3-4,6-8,13H,2,5,9-10H2,(H,20,21,22). The second kappa shape index (κ2) is 6.49. The summed E-state index contributed by atoms with van der Waals surface area (Å²) in [6.45, 7) is 1.99. The minimum Gasteiger partial charge on any atom is -0.350 e. The Kier molecular flexibility index (Phi) is 4.42. The van der Waals surface area contributed by atoms with Crippen molar-refractivity contribution in [3.05, 3.63) is 48.0 Å². The average Bonchev–Trinajstić information content (AvgIpc) is 2.95. The molecule has 1 N–H and O–H groups in total. The summed E-state index contributed by atoms with van der Waals surface area (Å²) in [6, 6.07) is 3.09. The Hall–Kier alpha value is -2.22. The summed E-state index contributed by atoms with van der Waals surface area (Å²) in [4.78, 5) is 14.0. The molecule has 0 bridgehead atoms. The van der Waals surface area contributed by atoms with Gasteiger partial charge in [-0.15, -0.1) is 0 Å². The zero-order valence-corrected chi connectivity index (χ0v) is 12.3. The minimum atomic E-state index is -4.36. The van der Waals surface area contributed by atoms with Gasteiger partial charge in [-0.3, -0.25) is 9.88 Å². The van der Waals surface area contributed by atoms with Crippen LogP contribution in [-0.2, 0) is 12.7 Å². The summed E-state index contributed by atoms with van der Waals surface area (Å²) >= 11 is 0. The molecule has 0 amide bonds. The van der Waals surface area contributed by atoms with Gasteiger partial charge >= 0.3 is 6.18 Å². The molecular formula is C15H16F3N5. The van der Waals surface area contributed by atoms with Crippen molar-refractivity contribution in [2.45, 2.75) is 25.2 Å². The van der Waals surface area contributed by atoms with Gasteiger partial charge in [0.2, 0.25) is 5.95 Å². The number of aromatic nitrogens is 3. The van der Waals surface area contributed by atoms with Crippen molar-refractivity contribution in [3.63, 3.8) is 0 Å². The van der Waals surface area contributed by atoms with Gasteiger partial charge in [-0.1, -0.05) is 0 Å². The van der Waals surface area contributed by atoms with E-state index >= 15 is 0 Å². The number of halogens is 3. The second-order valence-corrected chi connectivity index (χ2v) is 5.52. The second-order valence-electron chi connectivity index (χ2n) is 5.52. The topological polar surface area (TPSA) is 53.9 Å². The highest BCUT2D eigenvalue weighted by atomic mass is 19.4. The third-order valence-electron chi connectivity index (χ3n) is 3.70. The molecule has 8 heteroatoms. The van der Waals surface area contributed by atoms with Crippen molar-refractivity contribution in [3.8, 4) is 0 Å². The number of pyridine rings is 1. The van der Waals surface area contributed by atoms with E-state index in [4.69, 9.17) is 0 Å². The molecule has 5 nitrogen and oxygen atoms in total. The van der Waals surface area contributed by atoms with E-state index in [1.165, 1.54) is 6.20 Å². The Balaban J connectivity index is 1.58. The molecule has 1 fully saturated rings. The van der Waals surface area contributed by atoms with E-state index in [0.717, 1.165) is 31.8 Å². The zero-order chi connectivity index (χ0) is 16.3. The van der Waals surface area contributed by atoms with Crippen molar-refractivity contribution in [1.29, 1.82) is 0 Å². The smallest absolute Gasteiger partial charge is 0.350 e. The first kappa shape index (κ1) is 15.7. The van der Waals surface area contributed by atoms with Gasteiger partial charge in [-0.25, -0.2) is 9.97 Å². The van der Waals surface area contributed by atoms with E-state index < -0.39 is 11.7 Å². The molecule has 1 atom stereocenters. The lowest BCUT2D eigenvalue weighted by Gasteiger charge is -2.17. The fraction of sp³-hybridized carbons (Fsp3) is 0.400. The van der Waals surface area contributed by atoms with E-state index in [0.29, 0.717) is 18.1 Å². The number of rotatable bonds is 4. The maximum Gasteiger partial charge on any atom is 0.417 e. The molecule has 1 aliphatic rings. The lowest BCUT2D eigenvalue weighted by molar-refractivity contribution is -0.137. The number of anilines is 1.